The van der Waals surface area contributed by atoms with Crippen LogP contribution >= 0.6 is 0 Å². The molecule has 10 rings (SSSR count). The summed E-state index contributed by atoms with van der Waals surface area (Å²) in [6, 6.07) is 58.4. The lowest BCUT2D eigenvalue weighted by Crippen LogP contribution is -2.11. The van der Waals surface area contributed by atoms with E-state index >= 15 is 0 Å². The van der Waals surface area contributed by atoms with E-state index in [1.165, 1.54) is 82.0 Å². The van der Waals surface area contributed by atoms with Crippen LogP contribution in [0.25, 0.3) is 32.3 Å². The summed E-state index contributed by atoms with van der Waals surface area (Å²) < 4.78 is 23.4. The van der Waals surface area contributed by atoms with E-state index in [0.29, 0.717) is 26.4 Å². The maximum Gasteiger partial charge on any atom is 0.184 e. The molecule has 6 heteroatoms. The molecule has 2 aliphatic heterocycles. The van der Waals surface area contributed by atoms with E-state index in [1.54, 1.807) is 0 Å². The van der Waals surface area contributed by atoms with Crippen molar-refractivity contribution >= 4 is 66.4 Å². The van der Waals surface area contributed by atoms with Gasteiger partial charge in [0.2, 0.25) is 0 Å². The molecule has 0 unspecified atom stereocenters. The molecular weight excluding hydrogens is 789 g/mol. The van der Waals surface area contributed by atoms with Crippen LogP contribution in [-0.2, 0) is 31.8 Å². The summed E-state index contributed by atoms with van der Waals surface area (Å²) >= 11 is 0. The van der Waals surface area contributed by atoms with Crippen molar-refractivity contribution < 1.29 is 18.9 Å². The van der Waals surface area contributed by atoms with E-state index in [-0.39, 0.29) is 12.6 Å². The van der Waals surface area contributed by atoms with Crippen molar-refractivity contribution in [3.63, 3.8) is 0 Å². The van der Waals surface area contributed by atoms with Gasteiger partial charge in [-0.25, -0.2) is 0 Å². The largest absolute Gasteiger partial charge is 0.346 e. The van der Waals surface area contributed by atoms with Gasteiger partial charge in [0.1, 0.15) is 0 Å². The summed E-state index contributed by atoms with van der Waals surface area (Å²) in [6.07, 6.45) is 8.94. The van der Waals surface area contributed by atoms with E-state index in [9.17, 15) is 0 Å². The number of hydrogen-bond acceptors (Lipinski definition) is 6. The van der Waals surface area contributed by atoms with Crippen molar-refractivity contribution in [3.05, 3.63) is 180 Å². The Balaban J connectivity index is 1.07. The second kappa shape index (κ2) is 19.4. The van der Waals surface area contributed by atoms with Gasteiger partial charge in [0.15, 0.2) is 12.6 Å². The minimum absolute atomic E-state index is 0.314. The Labute approximate surface area is 378 Å². The second-order valence-electron chi connectivity index (χ2n) is 17.3. The summed E-state index contributed by atoms with van der Waals surface area (Å²) in [6.45, 7) is 7.01. The normalized spacial score (nSPS) is 14.6. The molecule has 0 saturated carbocycles. The summed E-state index contributed by atoms with van der Waals surface area (Å²) in [4.78, 5) is 4.75. The molecule has 2 heterocycles. The number of aryl methyl sites for hydroxylation is 2. The highest BCUT2D eigenvalue weighted by Gasteiger charge is 2.22. The van der Waals surface area contributed by atoms with Gasteiger partial charge < -0.3 is 28.7 Å². The fourth-order valence-electron chi connectivity index (χ4n) is 9.55. The molecule has 0 spiro atoms. The van der Waals surface area contributed by atoms with Gasteiger partial charge in [0.25, 0.3) is 0 Å². The third kappa shape index (κ3) is 8.76. The van der Waals surface area contributed by atoms with Crippen molar-refractivity contribution in [3.8, 4) is 0 Å². The van der Waals surface area contributed by atoms with E-state index in [4.69, 9.17) is 18.9 Å². The highest BCUT2D eigenvalue weighted by Crippen LogP contribution is 2.44. The van der Waals surface area contributed by atoms with Crippen LogP contribution in [0.15, 0.2) is 158 Å². The van der Waals surface area contributed by atoms with Crippen molar-refractivity contribution in [2.24, 2.45) is 0 Å². The van der Waals surface area contributed by atoms with Gasteiger partial charge in [0, 0.05) is 45.3 Å². The van der Waals surface area contributed by atoms with Crippen molar-refractivity contribution in [2.75, 3.05) is 36.2 Å². The minimum atomic E-state index is -0.314. The Hall–Kier alpha value is -6.02. The van der Waals surface area contributed by atoms with Crippen LogP contribution in [0.3, 0.4) is 0 Å². The Bertz CT molecular complexity index is 2590. The first-order valence-electron chi connectivity index (χ1n) is 23.5. The second-order valence-corrected chi connectivity index (χ2v) is 17.3. The lowest BCUT2D eigenvalue weighted by molar-refractivity contribution is -0.0443. The topological polar surface area (TPSA) is 43.4 Å². The highest BCUT2D eigenvalue weighted by atomic mass is 16.7. The lowest BCUT2D eigenvalue weighted by atomic mass is 9.93. The van der Waals surface area contributed by atoms with E-state index in [1.807, 2.05) is 0 Å². The zero-order chi connectivity index (χ0) is 43.2. The number of anilines is 6. The molecule has 6 nitrogen and oxygen atoms in total. The zero-order valence-corrected chi connectivity index (χ0v) is 37.2. The van der Waals surface area contributed by atoms with Gasteiger partial charge >= 0.3 is 0 Å². The highest BCUT2D eigenvalue weighted by molar-refractivity contribution is 6.26. The Kier molecular flexibility index (Phi) is 12.7. The van der Waals surface area contributed by atoms with Crippen LogP contribution < -0.4 is 9.80 Å². The fourth-order valence-corrected chi connectivity index (χ4v) is 9.55. The van der Waals surface area contributed by atoms with Crippen LogP contribution in [0.2, 0.25) is 0 Å². The third-order valence-corrected chi connectivity index (χ3v) is 12.9. The molecule has 2 aliphatic rings. The molecule has 0 radical (unpaired) electrons. The predicted octanol–water partition coefficient (Wildman–Crippen LogP) is 15.6. The van der Waals surface area contributed by atoms with Crippen molar-refractivity contribution in [1.29, 1.82) is 0 Å². The van der Waals surface area contributed by atoms with Crippen LogP contribution in [0.5, 0.6) is 0 Å². The average Bonchev–Trinajstić information content (AvgIpc) is 4.10. The molecule has 0 bridgehead atoms. The number of unbranched alkanes of at least 4 members (excludes halogenated alkanes) is 4. The Morgan fingerprint density at radius 1 is 0.359 bits per heavy atom. The van der Waals surface area contributed by atoms with Crippen molar-refractivity contribution in [1.82, 2.24) is 0 Å². The molecule has 0 atom stereocenters. The molecule has 8 aromatic carbocycles. The first kappa shape index (κ1) is 42.0. The van der Waals surface area contributed by atoms with Gasteiger partial charge in [-0.05, 0) is 142 Å². The number of hydrogen-bond donors (Lipinski definition) is 0. The standard InChI is InChI=1S/C58H58N2O4/c1-3-5-7-11-41-15-23-45(24-16-41)59(47-27-19-43(20-28-47)57-61-35-36-62-57)49-31-33-53-54-34-32-50(40-56(54)52-14-10-9-13-51(52)55(53)39-49)60(46-25-17-42(18-26-46)12-8-6-4-2)48-29-21-44(22-30-48)58-63-37-38-64-58/h9-10,13-34,39-40,57-58H,3-8,11-12,35-38H2,1-2H3. The van der Waals surface area contributed by atoms with E-state index in [0.717, 1.165) is 58.1 Å². The SMILES string of the molecule is CCCCCc1ccc(N(c2ccc(C3OCCO3)cc2)c2ccc3c4ccc(N(c5ccc(CCCCC)cc5)c5ccc(C6OCCO6)cc5)cc4c4ccccc4c3c2)cc1. The maximum atomic E-state index is 5.85. The first-order valence-corrected chi connectivity index (χ1v) is 23.5. The summed E-state index contributed by atoms with van der Waals surface area (Å²) in [5.74, 6) is 0. The van der Waals surface area contributed by atoms with E-state index < -0.39 is 0 Å². The number of benzene rings is 8. The first-order chi connectivity index (χ1) is 31.6. The van der Waals surface area contributed by atoms with Crippen molar-refractivity contribution in [2.45, 2.75) is 77.8 Å². The van der Waals surface area contributed by atoms with Crippen LogP contribution in [0.4, 0.5) is 34.1 Å². The van der Waals surface area contributed by atoms with E-state index in [2.05, 4.69) is 181 Å². The van der Waals surface area contributed by atoms with Gasteiger partial charge in [-0.1, -0.05) is 124 Å². The molecule has 0 aromatic heterocycles. The molecule has 2 fully saturated rings. The van der Waals surface area contributed by atoms with Crippen LogP contribution in [-0.4, -0.2) is 26.4 Å². The predicted molar refractivity (Wildman–Crippen MR) is 264 cm³/mol. The Morgan fingerprint density at radius 2 is 0.688 bits per heavy atom. The number of nitrogens with zero attached hydrogens (tertiary/aromatic N) is 2. The molecule has 0 aliphatic carbocycles. The summed E-state index contributed by atoms with van der Waals surface area (Å²) in [5, 5.41) is 7.35. The summed E-state index contributed by atoms with van der Waals surface area (Å²) in [5.41, 5.74) is 11.4. The van der Waals surface area contributed by atoms with Gasteiger partial charge in [-0.15, -0.1) is 0 Å². The number of fused-ring (bicyclic) bond motifs is 6. The molecular formula is C58H58N2O4. The monoisotopic (exact) mass is 846 g/mol. The smallest absolute Gasteiger partial charge is 0.184 e. The van der Waals surface area contributed by atoms with Crippen LogP contribution in [0, 0.1) is 0 Å². The average molecular weight is 847 g/mol. The van der Waals surface area contributed by atoms with Gasteiger partial charge in [-0.3, -0.25) is 0 Å². The zero-order valence-electron chi connectivity index (χ0n) is 37.2. The molecule has 0 N–H and O–H groups in total. The number of rotatable bonds is 16. The van der Waals surface area contributed by atoms with Gasteiger partial charge in [0.05, 0.1) is 26.4 Å². The maximum absolute atomic E-state index is 5.85. The third-order valence-electron chi connectivity index (χ3n) is 12.9. The quantitative estimate of drug-likeness (QED) is 0.0713. The molecule has 0 amide bonds. The number of ether oxygens (including phenoxy) is 4. The molecule has 324 valence electrons. The van der Waals surface area contributed by atoms with Gasteiger partial charge in [-0.2, -0.15) is 0 Å². The molecule has 8 aromatic rings. The lowest BCUT2D eigenvalue weighted by Gasteiger charge is -2.27. The summed E-state index contributed by atoms with van der Waals surface area (Å²) in [7, 11) is 0. The molecule has 2 saturated heterocycles. The Morgan fingerprint density at radius 3 is 1.05 bits per heavy atom. The minimum Gasteiger partial charge on any atom is -0.346 e. The fraction of sp³-hybridized carbons (Fsp3) is 0.276. The van der Waals surface area contributed by atoms with Crippen LogP contribution in [0.1, 0.15) is 87.2 Å². The molecule has 64 heavy (non-hydrogen) atoms.